The summed E-state index contributed by atoms with van der Waals surface area (Å²) in [6.45, 7) is 2.82. The van der Waals surface area contributed by atoms with E-state index in [1.165, 1.54) is 32.1 Å². The summed E-state index contributed by atoms with van der Waals surface area (Å²) in [5.41, 5.74) is 0.832. The Hall–Kier alpha value is -0.670. The first-order valence-corrected chi connectivity index (χ1v) is 8.53. The summed E-state index contributed by atoms with van der Waals surface area (Å²) in [4.78, 5) is 14.7. The number of nitrogens with zero attached hydrogens (tertiary/aromatic N) is 1. The molecule has 0 aromatic heterocycles. The smallest absolute Gasteiger partial charge is 0.176 e. The van der Waals surface area contributed by atoms with Gasteiger partial charge in [0.25, 0.3) is 0 Å². The third-order valence-corrected chi connectivity index (χ3v) is 5.44. The minimum Gasteiger partial charge on any atom is -0.296 e. The van der Waals surface area contributed by atoms with Gasteiger partial charge in [0, 0.05) is 16.6 Å². The van der Waals surface area contributed by atoms with E-state index in [2.05, 4.69) is 20.8 Å². The van der Waals surface area contributed by atoms with E-state index in [0.29, 0.717) is 6.54 Å². The number of hydrogen-bond acceptors (Lipinski definition) is 2. The lowest BCUT2D eigenvalue weighted by Gasteiger charge is -2.41. The first-order chi connectivity index (χ1) is 9.72. The number of hydrogen-bond donors (Lipinski definition) is 0. The van der Waals surface area contributed by atoms with Crippen molar-refractivity contribution in [3.63, 3.8) is 0 Å². The van der Waals surface area contributed by atoms with Crippen LogP contribution >= 0.6 is 15.9 Å². The molecule has 1 aromatic carbocycles. The maximum absolute atomic E-state index is 12.3. The molecule has 2 nitrogen and oxygen atoms in total. The molecule has 1 aromatic rings. The van der Waals surface area contributed by atoms with Gasteiger partial charge in [0.2, 0.25) is 0 Å². The second kappa shape index (κ2) is 6.40. The average Bonchev–Trinajstić information content (AvgIpc) is 2.48. The molecule has 0 N–H and O–H groups in total. The van der Waals surface area contributed by atoms with Crippen molar-refractivity contribution in [1.82, 2.24) is 4.90 Å². The molecule has 1 saturated carbocycles. The molecule has 1 heterocycles. The Kier molecular flexibility index (Phi) is 4.57. The predicted octanol–water partition coefficient (Wildman–Crippen LogP) is 4.14. The number of piperidine rings is 1. The molecule has 2 atom stereocenters. The summed E-state index contributed by atoms with van der Waals surface area (Å²) in [6, 6.07) is 7.72. The van der Waals surface area contributed by atoms with Crippen LogP contribution in [0.25, 0.3) is 0 Å². The monoisotopic (exact) mass is 335 g/mol. The minimum absolute atomic E-state index is 0.256. The van der Waals surface area contributed by atoms with Crippen LogP contribution in [0.15, 0.2) is 28.7 Å². The van der Waals surface area contributed by atoms with Gasteiger partial charge >= 0.3 is 0 Å². The van der Waals surface area contributed by atoms with E-state index in [1.54, 1.807) is 0 Å². The van der Waals surface area contributed by atoms with Gasteiger partial charge in [-0.15, -0.1) is 0 Å². The Bertz CT molecular complexity index is 470. The highest BCUT2D eigenvalue weighted by Gasteiger charge is 2.31. The molecule has 0 spiro atoms. The largest absolute Gasteiger partial charge is 0.296 e. The third-order valence-electron chi connectivity index (χ3n) is 4.91. The number of ketones is 1. The van der Waals surface area contributed by atoms with Crippen LogP contribution in [0.2, 0.25) is 0 Å². The summed E-state index contributed by atoms with van der Waals surface area (Å²) in [5.74, 6) is 2.03. The second-order valence-electron chi connectivity index (χ2n) is 6.26. The number of carbonyl (C=O) groups excluding carboxylic acids is 1. The number of carbonyl (C=O) groups is 1. The Morgan fingerprint density at radius 1 is 1.10 bits per heavy atom. The van der Waals surface area contributed by atoms with Crippen LogP contribution in [-0.4, -0.2) is 30.3 Å². The van der Waals surface area contributed by atoms with Crippen molar-refractivity contribution in [2.75, 3.05) is 19.6 Å². The molecule has 3 rings (SSSR count). The molecular formula is C17H22BrNO. The Balaban J connectivity index is 1.58. The van der Waals surface area contributed by atoms with Gasteiger partial charge in [0.15, 0.2) is 5.78 Å². The maximum Gasteiger partial charge on any atom is 0.176 e. The number of halogens is 1. The summed E-state index contributed by atoms with van der Waals surface area (Å²) >= 11 is 3.41. The number of fused-ring (bicyclic) bond motifs is 1. The molecule has 0 amide bonds. The summed E-state index contributed by atoms with van der Waals surface area (Å²) in [5, 5.41) is 0. The van der Waals surface area contributed by atoms with Crippen molar-refractivity contribution in [2.45, 2.75) is 32.1 Å². The molecule has 3 heteroatoms. The van der Waals surface area contributed by atoms with Gasteiger partial charge in [0.05, 0.1) is 6.54 Å². The van der Waals surface area contributed by atoms with Gasteiger partial charge in [0.1, 0.15) is 0 Å². The van der Waals surface area contributed by atoms with E-state index in [-0.39, 0.29) is 5.78 Å². The molecule has 2 fully saturated rings. The molecule has 2 unspecified atom stereocenters. The van der Waals surface area contributed by atoms with E-state index < -0.39 is 0 Å². The average molecular weight is 336 g/mol. The third kappa shape index (κ3) is 3.32. The van der Waals surface area contributed by atoms with E-state index in [9.17, 15) is 4.79 Å². The molecule has 0 bridgehead atoms. The van der Waals surface area contributed by atoms with Crippen LogP contribution < -0.4 is 0 Å². The van der Waals surface area contributed by atoms with Crippen molar-refractivity contribution in [1.29, 1.82) is 0 Å². The van der Waals surface area contributed by atoms with Crippen LogP contribution in [0, 0.1) is 11.8 Å². The van der Waals surface area contributed by atoms with Crippen molar-refractivity contribution < 1.29 is 4.79 Å². The van der Waals surface area contributed by atoms with Gasteiger partial charge in [-0.05, 0) is 43.4 Å². The molecule has 1 saturated heterocycles. The fourth-order valence-corrected chi connectivity index (χ4v) is 4.01. The molecule has 108 valence electrons. The fourth-order valence-electron chi connectivity index (χ4n) is 3.75. The minimum atomic E-state index is 0.256. The van der Waals surface area contributed by atoms with E-state index in [4.69, 9.17) is 0 Å². The highest BCUT2D eigenvalue weighted by Crippen LogP contribution is 2.35. The first-order valence-electron chi connectivity index (χ1n) is 7.73. The molecule has 20 heavy (non-hydrogen) atoms. The van der Waals surface area contributed by atoms with Crippen LogP contribution in [0.3, 0.4) is 0 Å². The zero-order chi connectivity index (χ0) is 13.9. The zero-order valence-electron chi connectivity index (χ0n) is 11.9. The standard InChI is InChI=1S/C17H22BrNO/c18-16-7-5-14(6-8-16)17(20)12-19-10-9-13-3-1-2-4-15(13)11-19/h5-8,13,15H,1-4,9-12H2. The van der Waals surface area contributed by atoms with Crippen LogP contribution in [-0.2, 0) is 0 Å². The lowest BCUT2D eigenvalue weighted by atomic mass is 9.75. The Labute approximate surface area is 129 Å². The first kappa shape index (κ1) is 14.3. The number of benzene rings is 1. The second-order valence-corrected chi connectivity index (χ2v) is 7.17. The molecular weight excluding hydrogens is 314 g/mol. The highest BCUT2D eigenvalue weighted by molar-refractivity contribution is 9.10. The van der Waals surface area contributed by atoms with E-state index in [0.717, 1.165) is 35.0 Å². The van der Waals surface area contributed by atoms with Gasteiger partial charge in [-0.3, -0.25) is 9.69 Å². The van der Waals surface area contributed by atoms with E-state index >= 15 is 0 Å². The lowest BCUT2D eigenvalue weighted by molar-refractivity contribution is 0.0713. The van der Waals surface area contributed by atoms with E-state index in [1.807, 2.05) is 24.3 Å². The topological polar surface area (TPSA) is 20.3 Å². The van der Waals surface area contributed by atoms with Crippen molar-refractivity contribution in [3.05, 3.63) is 34.3 Å². The molecule has 1 aliphatic carbocycles. The summed E-state index contributed by atoms with van der Waals surface area (Å²) < 4.78 is 1.03. The number of likely N-dealkylation sites (tertiary alicyclic amines) is 1. The van der Waals surface area contributed by atoms with Crippen molar-refractivity contribution in [3.8, 4) is 0 Å². The quantitative estimate of drug-likeness (QED) is 0.773. The summed E-state index contributed by atoms with van der Waals surface area (Å²) in [6.07, 6.45) is 6.87. The zero-order valence-corrected chi connectivity index (χ0v) is 13.4. The fraction of sp³-hybridized carbons (Fsp3) is 0.588. The number of Topliss-reactive ketones (excluding diaryl/α,β-unsaturated/α-hetero) is 1. The highest BCUT2D eigenvalue weighted by atomic mass is 79.9. The molecule has 2 aliphatic rings. The van der Waals surface area contributed by atoms with Gasteiger partial charge in [-0.25, -0.2) is 0 Å². The lowest BCUT2D eigenvalue weighted by Crippen LogP contribution is -2.43. The Morgan fingerprint density at radius 2 is 1.80 bits per heavy atom. The SMILES string of the molecule is O=C(CN1CCC2CCCCC2C1)c1ccc(Br)cc1. The van der Waals surface area contributed by atoms with Crippen molar-refractivity contribution in [2.24, 2.45) is 11.8 Å². The van der Waals surface area contributed by atoms with Crippen molar-refractivity contribution >= 4 is 21.7 Å². The molecule has 1 aliphatic heterocycles. The van der Waals surface area contributed by atoms with Crippen LogP contribution in [0.5, 0.6) is 0 Å². The van der Waals surface area contributed by atoms with Crippen LogP contribution in [0.4, 0.5) is 0 Å². The predicted molar refractivity (Wildman–Crippen MR) is 85.0 cm³/mol. The van der Waals surface area contributed by atoms with Gasteiger partial charge in [-0.2, -0.15) is 0 Å². The summed E-state index contributed by atoms with van der Waals surface area (Å²) in [7, 11) is 0. The normalized spacial score (nSPS) is 27.1. The number of rotatable bonds is 3. The van der Waals surface area contributed by atoms with Crippen LogP contribution in [0.1, 0.15) is 42.5 Å². The van der Waals surface area contributed by atoms with Gasteiger partial charge in [-0.1, -0.05) is 47.3 Å². The van der Waals surface area contributed by atoms with Gasteiger partial charge < -0.3 is 0 Å². The Morgan fingerprint density at radius 3 is 2.55 bits per heavy atom. The molecule has 0 radical (unpaired) electrons. The maximum atomic E-state index is 12.3.